The molecule has 16 fully saturated rings. The second-order valence-electron chi connectivity index (χ2n) is 20.6. The Balaban J connectivity index is 0.0000000884. The average molecular weight is 657 g/mol. The molecule has 0 aromatic carbocycles. The first-order chi connectivity index (χ1) is 20.9. The molecule has 0 radical (unpaired) electrons. The summed E-state index contributed by atoms with van der Waals surface area (Å²) in [7, 11) is 0. The molecule has 0 heterocycles. The summed E-state index contributed by atoms with van der Waals surface area (Å²) in [5, 5.41) is 40.4. The van der Waals surface area contributed by atoms with Gasteiger partial charge in [-0.05, 0) is 225 Å². The van der Waals surface area contributed by atoms with E-state index in [1.807, 2.05) is 0 Å². The van der Waals surface area contributed by atoms with Crippen LogP contribution in [0, 0.1) is 71.0 Å². The summed E-state index contributed by atoms with van der Waals surface area (Å²) in [6, 6.07) is 0. The molecular formula is C40H64O4Ti. The van der Waals surface area contributed by atoms with Crippen LogP contribution < -0.4 is 0 Å². The molecule has 45 heavy (non-hydrogen) atoms. The smallest absolute Gasteiger partial charge is 0.0655 e. The summed E-state index contributed by atoms with van der Waals surface area (Å²) in [4.78, 5) is 0. The molecule has 0 atom stereocenters. The van der Waals surface area contributed by atoms with E-state index in [0.29, 0.717) is 0 Å². The first-order valence-corrected chi connectivity index (χ1v) is 19.8. The summed E-state index contributed by atoms with van der Waals surface area (Å²) in [5.41, 5.74) is -0.799. The van der Waals surface area contributed by atoms with Crippen molar-refractivity contribution in [1.82, 2.24) is 0 Å². The van der Waals surface area contributed by atoms with Crippen LogP contribution in [0.1, 0.15) is 154 Å². The molecule has 16 rings (SSSR count). The molecule has 0 aliphatic heterocycles. The number of aliphatic hydroxyl groups is 4. The first-order valence-electron chi connectivity index (χ1n) is 19.8. The Morgan fingerprint density at radius 1 is 0.222 bits per heavy atom. The molecule has 16 aliphatic carbocycles. The van der Waals surface area contributed by atoms with Crippen molar-refractivity contribution in [2.24, 2.45) is 71.0 Å². The Morgan fingerprint density at radius 2 is 0.311 bits per heavy atom. The number of hydrogen-bond donors (Lipinski definition) is 4. The largest absolute Gasteiger partial charge is 0.390 e. The van der Waals surface area contributed by atoms with Crippen molar-refractivity contribution in [2.45, 2.75) is 177 Å². The van der Waals surface area contributed by atoms with Gasteiger partial charge in [0.25, 0.3) is 0 Å². The van der Waals surface area contributed by atoms with Crippen LogP contribution in [0.2, 0.25) is 0 Å². The Labute approximate surface area is 288 Å². The average Bonchev–Trinajstić information content (AvgIpc) is 2.84. The van der Waals surface area contributed by atoms with E-state index in [4.69, 9.17) is 0 Å². The van der Waals surface area contributed by atoms with Gasteiger partial charge in [0.05, 0.1) is 22.4 Å². The van der Waals surface area contributed by atoms with Crippen molar-refractivity contribution in [2.75, 3.05) is 0 Å². The van der Waals surface area contributed by atoms with Gasteiger partial charge in [-0.25, -0.2) is 0 Å². The predicted octanol–water partition coefficient (Wildman–Crippen LogP) is 7.79. The summed E-state index contributed by atoms with van der Waals surface area (Å²) in [6.07, 6.45) is 30.7. The number of rotatable bonds is 0. The third-order valence-corrected chi connectivity index (χ3v) is 16.0. The molecule has 16 saturated carbocycles. The summed E-state index contributed by atoms with van der Waals surface area (Å²) >= 11 is 0. The monoisotopic (exact) mass is 656 g/mol. The third kappa shape index (κ3) is 6.85. The van der Waals surface area contributed by atoms with Crippen molar-refractivity contribution >= 4 is 0 Å². The van der Waals surface area contributed by atoms with Gasteiger partial charge in [0.15, 0.2) is 0 Å². The predicted molar refractivity (Wildman–Crippen MR) is 172 cm³/mol. The molecule has 0 saturated heterocycles. The fraction of sp³-hybridized carbons (Fsp3) is 1.00. The van der Waals surface area contributed by atoms with Crippen molar-refractivity contribution in [1.29, 1.82) is 0 Å². The van der Waals surface area contributed by atoms with Gasteiger partial charge in [0.2, 0.25) is 0 Å². The van der Waals surface area contributed by atoms with Crippen LogP contribution in [0.25, 0.3) is 0 Å². The van der Waals surface area contributed by atoms with Crippen LogP contribution >= 0.6 is 0 Å². The molecule has 252 valence electrons. The third-order valence-electron chi connectivity index (χ3n) is 16.0. The van der Waals surface area contributed by atoms with Crippen LogP contribution in [0.5, 0.6) is 0 Å². The van der Waals surface area contributed by atoms with E-state index in [2.05, 4.69) is 0 Å². The minimum atomic E-state index is -0.200. The fourth-order valence-corrected chi connectivity index (χ4v) is 16.3. The maximum atomic E-state index is 10.1. The summed E-state index contributed by atoms with van der Waals surface area (Å²) in [5.74, 6) is 10.7. The van der Waals surface area contributed by atoms with E-state index in [-0.39, 0.29) is 44.1 Å². The standard InChI is InChI=1S/4C10H16O.Ti/c4*11-10-4-7-1-8(5-10)3-9(2-7)6-10;/h4*7-9,11H,1-6H2;. The van der Waals surface area contributed by atoms with Gasteiger partial charge in [0, 0.05) is 21.7 Å². The zero-order valence-electron chi connectivity index (χ0n) is 28.2. The molecule has 16 aliphatic rings. The second kappa shape index (κ2) is 11.8. The molecule has 0 amide bonds. The Morgan fingerprint density at radius 3 is 0.378 bits per heavy atom. The molecule has 0 aromatic rings. The minimum absolute atomic E-state index is 0. The van der Waals surface area contributed by atoms with Gasteiger partial charge in [-0.1, -0.05) is 0 Å². The maximum Gasteiger partial charge on any atom is 0.0655 e. The van der Waals surface area contributed by atoms with E-state index < -0.39 is 0 Å². The molecule has 4 nitrogen and oxygen atoms in total. The van der Waals surface area contributed by atoms with Crippen molar-refractivity contribution in [3.63, 3.8) is 0 Å². The first kappa shape index (κ1) is 32.7. The van der Waals surface area contributed by atoms with Crippen LogP contribution in [0.15, 0.2) is 0 Å². The zero-order chi connectivity index (χ0) is 29.9. The molecule has 0 spiro atoms. The van der Waals surface area contributed by atoms with Gasteiger partial charge in [0.1, 0.15) is 0 Å². The second-order valence-corrected chi connectivity index (χ2v) is 20.6. The summed E-state index contributed by atoms with van der Waals surface area (Å²) in [6.45, 7) is 0. The molecule has 0 aromatic heterocycles. The van der Waals surface area contributed by atoms with Crippen LogP contribution in [0.4, 0.5) is 0 Å². The van der Waals surface area contributed by atoms with Crippen LogP contribution in [-0.2, 0) is 21.7 Å². The Hall–Kier alpha value is 0.554. The van der Waals surface area contributed by atoms with Crippen molar-refractivity contribution < 1.29 is 42.1 Å². The Kier molecular flexibility index (Phi) is 8.60. The SMILES string of the molecule is OC12CC3CC(CC(C3)C1)C2.OC12CC3CC(CC(C3)C1)C2.OC12CC3CC(CC(C3)C1)C2.OC12CC3CC(CC(C3)C1)C2.[Ti]. The van der Waals surface area contributed by atoms with E-state index in [9.17, 15) is 20.4 Å². The quantitative estimate of drug-likeness (QED) is 0.201. The van der Waals surface area contributed by atoms with Crippen molar-refractivity contribution in [3.05, 3.63) is 0 Å². The van der Waals surface area contributed by atoms with Crippen molar-refractivity contribution in [3.8, 4) is 0 Å². The van der Waals surface area contributed by atoms with E-state index >= 15 is 0 Å². The maximum absolute atomic E-state index is 10.1. The van der Waals surface area contributed by atoms with Gasteiger partial charge in [-0.15, -0.1) is 0 Å². The number of hydrogen-bond acceptors (Lipinski definition) is 4. The topological polar surface area (TPSA) is 80.9 Å². The van der Waals surface area contributed by atoms with Crippen LogP contribution in [0.3, 0.4) is 0 Å². The molecule has 5 heteroatoms. The normalized spacial score (nSPS) is 58.9. The molecular weight excluding hydrogens is 592 g/mol. The van der Waals surface area contributed by atoms with Gasteiger partial charge < -0.3 is 20.4 Å². The Bertz CT molecular complexity index is 775. The van der Waals surface area contributed by atoms with Gasteiger partial charge >= 0.3 is 0 Å². The fourth-order valence-electron chi connectivity index (χ4n) is 16.3. The molecule has 16 bridgehead atoms. The summed E-state index contributed by atoms with van der Waals surface area (Å²) < 4.78 is 0. The minimum Gasteiger partial charge on any atom is -0.390 e. The van der Waals surface area contributed by atoms with Crippen LogP contribution in [-0.4, -0.2) is 42.8 Å². The van der Waals surface area contributed by atoms with Gasteiger partial charge in [-0.2, -0.15) is 0 Å². The van der Waals surface area contributed by atoms with E-state index in [0.717, 1.165) is 148 Å². The van der Waals surface area contributed by atoms with E-state index in [1.165, 1.54) is 77.0 Å². The molecule has 0 unspecified atom stereocenters. The molecule has 4 N–H and O–H groups in total. The van der Waals surface area contributed by atoms with Gasteiger partial charge in [-0.3, -0.25) is 0 Å². The zero-order valence-corrected chi connectivity index (χ0v) is 29.7. The van der Waals surface area contributed by atoms with E-state index in [1.54, 1.807) is 0 Å².